The van der Waals surface area contributed by atoms with Crippen molar-refractivity contribution in [3.63, 3.8) is 0 Å². The van der Waals surface area contributed by atoms with Crippen LogP contribution < -0.4 is 10.1 Å². The Morgan fingerprint density at radius 3 is 2.17 bits per heavy atom. The molecule has 40 heavy (non-hydrogen) atoms. The van der Waals surface area contributed by atoms with Crippen LogP contribution in [0.1, 0.15) is 36.6 Å². The molecule has 0 aromatic carbocycles. The highest BCUT2D eigenvalue weighted by atomic mass is 19.4. The summed E-state index contributed by atoms with van der Waals surface area (Å²) < 4.78 is 70.9. The van der Waals surface area contributed by atoms with Crippen LogP contribution >= 0.6 is 0 Å². The van der Waals surface area contributed by atoms with Crippen molar-refractivity contribution in [3.8, 4) is 5.88 Å². The zero-order valence-corrected chi connectivity index (χ0v) is 21.1. The van der Waals surface area contributed by atoms with Crippen LogP contribution in [0.3, 0.4) is 0 Å². The number of fused-ring (bicyclic) bond motifs is 1. The highest BCUT2D eigenvalue weighted by molar-refractivity contribution is 5.76. The molecule has 2 aromatic heterocycles. The molecule has 1 unspecified atom stereocenters. The Bertz CT molecular complexity index is 1130. The van der Waals surface area contributed by atoms with Crippen molar-refractivity contribution >= 4 is 17.8 Å². The van der Waals surface area contributed by atoms with Gasteiger partial charge in [0.05, 0.1) is 25.3 Å². The number of rotatable bonds is 7. The minimum Gasteiger partial charge on any atom is -0.481 e. The van der Waals surface area contributed by atoms with Crippen molar-refractivity contribution in [2.75, 3.05) is 20.2 Å². The summed E-state index contributed by atoms with van der Waals surface area (Å²) in [5, 5.41) is 21.8. The average molecular weight is 583 g/mol. The van der Waals surface area contributed by atoms with Crippen LogP contribution in [0.5, 0.6) is 5.88 Å². The summed E-state index contributed by atoms with van der Waals surface area (Å²) >= 11 is 0. The second kappa shape index (κ2) is 14.0. The van der Waals surface area contributed by atoms with Gasteiger partial charge in [0.25, 0.3) is 0 Å². The quantitative estimate of drug-likeness (QED) is 0.419. The normalized spacial score (nSPS) is 16.8. The Balaban J connectivity index is 0.000000333. The van der Waals surface area contributed by atoms with Gasteiger partial charge in [-0.3, -0.25) is 14.4 Å². The lowest BCUT2D eigenvalue weighted by Gasteiger charge is -2.33. The molecular formula is C23H27F6N5O6. The summed E-state index contributed by atoms with van der Waals surface area (Å²) in [4.78, 5) is 36.7. The molecule has 1 atom stereocenters. The SMILES string of the molecule is COc1ncccc1CN1Cc2ccnn2C(CC(=O)NCC2CC2)C1.O=C(O)C(F)(F)F.O=C(O)C(F)(F)F. The first-order valence-corrected chi connectivity index (χ1v) is 11.7. The predicted octanol–water partition coefficient (Wildman–Crippen LogP) is 3.03. The Labute approximate surface area is 223 Å². The number of halogens is 6. The van der Waals surface area contributed by atoms with Crippen LogP contribution in [0.15, 0.2) is 30.6 Å². The van der Waals surface area contributed by atoms with Crippen LogP contribution in [0.4, 0.5) is 26.3 Å². The van der Waals surface area contributed by atoms with Crippen molar-refractivity contribution in [2.24, 2.45) is 5.92 Å². The van der Waals surface area contributed by atoms with Crippen molar-refractivity contribution in [1.82, 2.24) is 25.0 Å². The van der Waals surface area contributed by atoms with Gasteiger partial charge in [0, 0.05) is 44.1 Å². The Morgan fingerprint density at radius 2 is 1.65 bits per heavy atom. The van der Waals surface area contributed by atoms with E-state index in [4.69, 9.17) is 24.5 Å². The minimum absolute atomic E-state index is 0.0515. The molecule has 0 saturated heterocycles. The Kier molecular flexibility index (Phi) is 11.3. The number of methoxy groups -OCH3 is 1. The molecule has 222 valence electrons. The minimum atomic E-state index is -5.08. The van der Waals surface area contributed by atoms with E-state index in [0.717, 1.165) is 37.4 Å². The molecule has 1 saturated carbocycles. The number of pyridine rings is 1. The second-order valence-electron chi connectivity index (χ2n) is 8.82. The highest BCUT2D eigenvalue weighted by Gasteiger charge is 2.39. The molecule has 3 heterocycles. The van der Waals surface area contributed by atoms with Crippen molar-refractivity contribution in [2.45, 2.75) is 50.7 Å². The van der Waals surface area contributed by atoms with E-state index in [0.29, 0.717) is 18.2 Å². The van der Waals surface area contributed by atoms with E-state index < -0.39 is 24.3 Å². The van der Waals surface area contributed by atoms with Crippen molar-refractivity contribution in [3.05, 3.63) is 41.9 Å². The van der Waals surface area contributed by atoms with Gasteiger partial charge in [-0.25, -0.2) is 14.6 Å². The molecule has 11 nitrogen and oxygen atoms in total. The average Bonchev–Trinajstić information content (AvgIpc) is 3.57. The lowest BCUT2D eigenvalue weighted by molar-refractivity contribution is -0.193. The smallest absolute Gasteiger partial charge is 0.481 e. The maximum absolute atomic E-state index is 12.3. The van der Waals surface area contributed by atoms with Gasteiger partial charge < -0.3 is 20.3 Å². The number of nitrogens with one attached hydrogen (secondary N) is 1. The van der Waals surface area contributed by atoms with Crippen LogP contribution in [-0.2, 0) is 27.5 Å². The van der Waals surface area contributed by atoms with Crippen LogP contribution in [-0.4, -0.2) is 80.3 Å². The second-order valence-corrected chi connectivity index (χ2v) is 8.82. The predicted molar refractivity (Wildman–Crippen MR) is 124 cm³/mol. The van der Waals surface area contributed by atoms with Gasteiger partial charge in [-0.1, -0.05) is 6.07 Å². The van der Waals surface area contributed by atoms with Gasteiger partial charge in [0.2, 0.25) is 11.8 Å². The summed E-state index contributed by atoms with van der Waals surface area (Å²) in [6.45, 7) is 3.14. The first kappa shape index (κ1) is 32.3. The van der Waals surface area contributed by atoms with E-state index in [-0.39, 0.29) is 11.9 Å². The third-order valence-corrected chi connectivity index (χ3v) is 5.58. The monoisotopic (exact) mass is 583 g/mol. The van der Waals surface area contributed by atoms with E-state index in [1.807, 2.05) is 29.1 Å². The van der Waals surface area contributed by atoms with Crippen LogP contribution in [0.25, 0.3) is 0 Å². The molecular weight excluding hydrogens is 556 g/mol. The molecule has 1 amide bonds. The number of carbonyl (C=O) groups excluding carboxylic acids is 1. The summed E-state index contributed by atoms with van der Waals surface area (Å²) in [6.07, 6.45) is -3.66. The number of carboxylic acid groups (broad SMARTS) is 2. The highest BCUT2D eigenvalue weighted by Crippen LogP contribution is 2.28. The van der Waals surface area contributed by atoms with E-state index in [2.05, 4.69) is 20.3 Å². The number of aliphatic carboxylic acids is 2. The van der Waals surface area contributed by atoms with Gasteiger partial charge in [0.1, 0.15) is 0 Å². The van der Waals surface area contributed by atoms with E-state index >= 15 is 0 Å². The maximum atomic E-state index is 12.3. The third-order valence-electron chi connectivity index (χ3n) is 5.58. The number of ether oxygens (including phenoxy) is 1. The summed E-state index contributed by atoms with van der Waals surface area (Å²) in [5.74, 6) is -4.05. The first-order valence-electron chi connectivity index (χ1n) is 11.7. The van der Waals surface area contributed by atoms with Crippen molar-refractivity contribution < 1.29 is 55.7 Å². The summed E-state index contributed by atoms with van der Waals surface area (Å²) in [5.41, 5.74) is 2.19. The lowest BCUT2D eigenvalue weighted by atomic mass is 10.1. The van der Waals surface area contributed by atoms with Gasteiger partial charge in [-0.05, 0) is 30.9 Å². The summed E-state index contributed by atoms with van der Waals surface area (Å²) in [7, 11) is 1.64. The topological polar surface area (TPSA) is 147 Å². The molecule has 4 rings (SSSR count). The fourth-order valence-corrected chi connectivity index (χ4v) is 3.57. The largest absolute Gasteiger partial charge is 0.490 e. The number of aromatic nitrogens is 3. The molecule has 3 N–H and O–H groups in total. The zero-order valence-electron chi connectivity index (χ0n) is 21.1. The number of hydrogen-bond acceptors (Lipinski definition) is 7. The van der Waals surface area contributed by atoms with Crippen LogP contribution in [0, 0.1) is 5.92 Å². The molecule has 1 aliphatic heterocycles. The summed E-state index contributed by atoms with van der Waals surface area (Å²) in [6, 6.07) is 6.04. The molecule has 0 spiro atoms. The molecule has 1 fully saturated rings. The molecule has 2 aromatic rings. The first-order chi connectivity index (χ1) is 18.6. The number of nitrogens with zero attached hydrogens (tertiary/aromatic N) is 4. The van der Waals surface area contributed by atoms with Crippen molar-refractivity contribution in [1.29, 1.82) is 0 Å². The van der Waals surface area contributed by atoms with Gasteiger partial charge in [-0.2, -0.15) is 31.4 Å². The van der Waals surface area contributed by atoms with Gasteiger partial charge >= 0.3 is 24.3 Å². The van der Waals surface area contributed by atoms with Crippen LogP contribution in [0.2, 0.25) is 0 Å². The standard InChI is InChI=1S/C19H25N5O2.2C2HF3O2/c1-26-19-15(3-2-7-20-19)11-23-12-16-6-8-22-24(16)17(13-23)9-18(25)21-10-14-4-5-14;2*3-2(4,5)1(6)7/h2-3,6-8,14,17H,4-5,9-13H2,1H3,(H,21,25);2*(H,6,7). The number of hydrogen-bond donors (Lipinski definition) is 3. The van der Waals surface area contributed by atoms with E-state index in [1.165, 1.54) is 12.8 Å². The fraction of sp³-hybridized carbons (Fsp3) is 0.522. The molecule has 0 bridgehead atoms. The maximum Gasteiger partial charge on any atom is 0.490 e. The number of alkyl halides is 6. The van der Waals surface area contributed by atoms with E-state index in [1.54, 1.807) is 13.3 Å². The van der Waals surface area contributed by atoms with Gasteiger partial charge in [-0.15, -0.1) is 0 Å². The fourth-order valence-electron chi connectivity index (χ4n) is 3.57. The Hall–Kier alpha value is -3.89. The number of carbonyl (C=O) groups is 3. The number of amides is 1. The molecule has 0 radical (unpaired) electrons. The molecule has 1 aliphatic carbocycles. The number of carboxylic acids is 2. The molecule has 17 heteroatoms. The van der Waals surface area contributed by atoms with E-state index in [9.17, 15) is 31.1 Å². The lowest BCUT2D eigenvalue weighted by Crippen LogP contribution is -2.40. The Morgan fingerprint density at radius 1 is 1.05 bits per heavy atom. The van der Waals surface area contributed by atoms with Gasteiger partial charge in [0.15, 0.2) is 0 Å². The zero-order chi connectivity index (χ0) is 30.1. The molecule has 2 aliphatic rings. The third kappa shape index (κ3) is 10.7.